The minimum atomic E-state index is -0.420. The van der Waals surface area contributed by atoms with E-state index < -0.39 is 5.82 Å². The predicted octanol–water partition coefficient (Wildman–Crippen LogP) is 3.39. The lowest BCUT2D eigenvalue weighted by atomic mass is 10.1. The van der Waals surface area contributed by atoms with Crippen LogP contribution in [0.4, 0.5) is 4.39 Å². The number of ether oxygens (including phenoxy) is 1. The Morgan fingerprint density at radius 1 is 1.37 bits per heavy atom. The van der Waals surface area contributed by atoms with E-state index in [1.165, 1.54) is 28.5 Å². The molecule has 1 aromatic carbocycles. The van der Waals surface area contributed by atoms with Crippen LogP contribution < -0.4 is 20.9 Å². The van der Waals surface area contributed by atoms with Crippen LogP contribution in [0.15, 0.2) is 28.2 Å². The first kappa shape index (κ1) is 25.9. The van der Waals surface area contributed by atoms with Gasteiger partial charge in [-0.05, 0) is 57.0 Å². The zero-order chi connectivity index (χ0) is 22.7. The molecule has 0 saturated carbocycles. The molecule has 1 heterocycles. The van der Waals surface area contributed by atoms with Gasteiger partial charge in [-0.3, -0.25) is 14.2 Å². The molecular weight excluding hydrogens is 431 g/mol. The van der Waals surface area contributed by atoms with Gasteiger partial charge in [0, 0.05) is 12.6 Å². The molecule has 0 saturated heterocycles. The summed E-state index contributed by atoms with van der Waals surface area (Å²) in [5.41, 5.74) is 0.837. The van der Waals surface area contributed by atoms with Crippen LogP contribution in [-0.4, -0.2) is 35.8 Å². The van der Waals surface area contributed by atoms with Gasteiger partial charge < -0.3 is 15.4 Å². The maximum atomic E-state index is 13.4. The second kappa shape index (κ2) is 13.3. The van der Waals surface area contributed by atoms with Crippen molar-refractivity contribution in [1.82, 2.24) is 20.2 Å². The van der Waals surface area contributed by atoms with Crippen LogP contribution in [0.3, 0.4) is 0 Å². The smallest absolute Gasteiger partial charge is 0.277 e. The number of thioether (sulfide) groups is 1. The average Bonchev–Trinajstić information content (AvgIpc) is 2.73. The van der Waals surface area contributed by atoms with Gasteiger partial charge in [-0.1, -0.05) is 36.4 Å². The van der Waals surface area contributed by atoms with E-state index in [9.17, 15) is 14.0 Å². The number of hydrogen-bond acceptors (Lipinski definition) is 6. The first-order valence-electron chi connectivity index (χ1n) is 9.38. The number of carbonyl (C=O) groups excluding carboxylic acids is 1. The van der Waals surface area contributed by atoms with E-state index in [0.29, 0.717) is 22.7 Å². The molecule has 0 fully saturated rings. The van der Waals surface area contributed by atoms with Gasteiger partial charge >= 0.3 is 0 Å². The number of benzene rings is 1. The number of amides is 1. The van der Waals surface area contributed by atoms with Crippen molar-refractivity contribution in [3.8, 4) is 5.88 Å². The molecule has 0 aliphatic heterocycles. The molecule has 2 rings (SSSR count). The third-order valence-corrected chi connectivity index (χ3v) is 4.94. The number of rotatable bonds is 9. The molecule has 2 N–H and O–H groups in total. The molecule has 7 nitrogen and oxygen atoms in total. The highest BCUT2D eigenvalue weighted by molar-refractivity contribution is 7.98. The third kappa shape index (κ3) is 7.30. The summed E-state index contributed by atoms with van der Waals surface area (Å²) in [5.74, 6) is -0.395. The van der Waals surface area contributed by atoms with Crippen LogP contribution in [0.5, 0.6) is 5.88 Å². The normalized spacial score (nSPS) is 10.4. The zero-order valence-electron chi connectivity index (χ0n) is 17.8. The van der Waals surface area contributed by atoms with Crippen molar-refractivity contribution in [3.05, 3.63) is 50.5 Å². The Morgan fingerprint density at radius 2 is 2.03 bits per heavy atom. The maximum absolute atomic E-state index is 13.4. The van der Waals surface area contributed by atoms with Crippen molar-refractivity contribution in [2.75, 3.05) is 19.8 Å². The molecule has 1 aromatic heterocycles. The van der Waals surface area contributed by atoms with Gasteiger partial charge in [-0.2, -0.15) is 4.98 Å². The highest BCUT2D eigenvalue weighted by Crippen LogP contribution is 2.25. The molecule has 1 amide bonds. The summed E-state index contributed by atoms with van der Waals surface area (Å²) in [6, 6.07) is 4.06. The number of nitrogens with one attached hydrogen (secondary N) is 2. The standard InChI is InChI=1S/C17H19ClFN3O3S.C3H9N/c1-10(2)22-16(24)14(18)15(21-17(22)26-3)25-8-11-4-5-13(19)6-12(11)7-20-9-23;1-3-4-2/h4-6,9-10H,7-8H2,1-3H3,(H,20,23);4H,3H2,1-2H3. The van der Waals surface area contributed by atoms with Gasteiger partial charge in [0.05, 0.1) is 0 Å². The molecule has 0 aliphatic carbocycles. The second-order valence-corrected chi connectivity index (χ2v) is 7.55. The number of halogens is 2. The molecule has 0 unspecified atom stereocenters. The fourth-order valence-electron chi connectivity index (χ4n) is 2.37. The van der Waals surface area contributed by atoms with E-state index in [-0.39, 0.29) is 35.7 Å². The Morgan fingerprint density at radius 3 is 2.57 bits per heavy atom. The minimum Gasteiger partial charge on any atom is -0.472 e. The molecule has 30 heavy (non-hydrogen) atoms. The summed E-state index contributed by atoms with van der Waals surface area (Å²) in [4.78, 5) is 27.3. The summed E-state index contributed by atoms with van der Waals surface area (Å²) < 4.78 is 20.6. The Balaban J connectivity index is 0.00000103. The summed E-state index contributed by atoms with van der Waals surface area (Å²) in [7, 11) is 1.93. The molecular formula is C20H28ClFN4O3S. The fourth-order valence-corrected chi connectivity index (χ4v) is 3.22. The fraction of sp³-hybridized carbons (Fsp3) is 0.450. The third-order valence-electron chi connectivity index (χ3n) is 3.96. The molecule has 0 bridgehead atoms. The van der Waals surface area contributed by atoms with E-state index in [2.05, 4.69) is 22.5 Å². The summed E-state index contributed by atoms with van der Waals surface area (Å²) in [5, 5.41) is 5.81. The molecule has 0 aliphatic rings. The lowest BCUT2D eigenvalue weighted by molar-refractivity contribution is -0.109. The predicted molar refractivity (Wildman–Crippen MR) is 119 cm³/mol. The van der Waals surface area contributed by atoms with Crippen LogP contribution in [-0.2, 0) is 17.9 Å². The first-order chi connectivity index (χ1) is 14.3. The molecule has 10 heteroatoms. The lowest BCUT2D eigenvalue weighted by Gasteiger charge is -2.17. The highest BCUT2D eigenvalue weighted by Gasteiger charge is 2.18. The topological polar surface area (TPSA) is 85.2 Å². The van der Waals surface area contributed by atoms with Gasteiger partial charge in [0.2, 0.25) is 12.3 Å². The monoisotopic (exact) mass is 458 g/mol. The summed E-state index contributed by atoms with van der Waals surface area (Å²) in [6.45, 7) is 7.06. The van der Waals surface area contributed by atoms with Crippen molar-refractivity contribution >= 4 is 29.8 Å². The van der Waals surface area contributed by atoms with Crippen LogP contribution in [0.2, 0.25) is 5.02 Å². The molecule has 0 spiro atoms. The minimum absolute atomic E-state index is 0.0246. The maximum Gasteiger partial charge on any atom is 0.277 e. The zero-order valence-corrected chi connectivity index (χ0v) is 19.4. The van der Waals surface area contributed by atoms with E-state index in [0.717, 1.165) is 6.54 Å². The number of carbonyl (C=O) groups is 1. The molecule has 166 valence electrons. The number of nitrogens with zero attached hydrogens (tertiary/aromatic N) is 2. The van der Waals surface area contributed by atoms with Gasteiger partial charge in [0.1, 0.15) is 12.4 Å². The van der Waals surface area contributed by atoms with Crippen LogP contribution in [0, 0.1) is 5.82 Å². The van der Waals surface area contributed by atoms with Crippen molar-refractivity contribution in [2.45, 2.75) is 45.1 Å². The van der Waals surface area contributed by atoms with Gasteiger partial charge in [0.25, 0.3) is 5.56 Å². The largest absolute Gasteiger partial charge is 0.472 e. The summed E-state index contributed by atoms with van der Waals surface area (Å²) in [6.07, 6.45) is 2.34. The van der Waals surface area contributed by atoms with Crippen molar-refractivity contribution in [1.29, 1.82) is 0 Å². The SMILES string of the molecule is CCNC.CSc1nc(OCc2ccc(F)cc2CNC=O)c(Cl)c(=O)n1C(C)C. The average molecular weight is 459 g/mol. The van der Waals surface area contributed by atoms with Crippen molar-refractivity contribution < 1.29 is 13.9 Å². The van der Waals surface area contributed by atoms with E-state index in [4.69, 9.17) is 16.3 Å². The summed E-state index contributed by atoms with van der Waals surface area (Å²) >= 11 is 7.45. The van der Waals surface area contributed by atoms with Crippen LogP contribution in [0.25, 0.3) is 0 Å². The van der Waals surface area contributed by atoms with Gasteiger partial charge in [-0.25, -0.2) is 4.39 Å². The molecule has 0 radical (unpaired) electrons. The van der Waals surface area contributed by atoms with Crippen molar-refractivity contribution in [3.63, 3.8) is 0 Å². The number of aromatic nitrogens is 2. The van der Waals surface area contributed by atoms with E-state index in [1.807, 2.05) is 27.2 Å². The Hall–Kier alpha value is -2.10. The number of hydrogen-bond donors (Lipinski definition) is 2. The second-order valence-electron chi connectivity index (χ2n) is 6.39. The first-order valence-corrected chi connectivity index (χ1v) is 11.0. The van der Waals surface area contributed by atoms with E-state index >= 15 is 0 Å². The van der Waals surface area contributed by atoms with Crippen LogP contribution >= 0.6 is 23.4 Å². The Kier molecular flexibility index (Phi) is 11.5. The van der Waals surface area contributed by atoms with Crippen LogP contribution in [0.1, 0.15) is 37.9 Å². The lowest BCUT2D eigenvalue weighted by Crippen LogP contribution is -2.26. The highest BCUT2D eigenvalue weighted by atomic mass is 35.5. The Labute approximate surface area is 185 Å². The van der Waals surface area contributed by atoms with Gasteiger partial charge in [0.15, 0.2) is 10.2 Å². The molecule has 0 atom stereocenters. The quantitative estimate of drug-likeness (QED) is 0.340. The Bertz CT molecular complexity index is 891. The van der Waals surface area contributed by atoms with Gasteiger partial charge in [-0.15, -0.1) is 0 Å². The molecule has 2 aromatic rings. The van der Waals surface area contributed by atoms with Crippen molar-refractivity contribution in [2.24, 2.45) is 0 Å². The van der Waals surface area contributed by atoms with E-state index in [1.54, 1.807) is 6.07 Å².